The molecule has 8 nitrogen and oxygen atoms in total. The van der Waals surface area contributed by atoms with Gasteiger partial charge in [-0.1, -0.05) is 12.1 Å². The summed E-state index contributed by atoms with van der Waals surface area (Å²) in [5.41, 5.74) is 1.11. The van der Waals surface area contributed by atoms with Crippen LogP contribution in [-0.2, 0) is 9.47 Å². The summed E-state index contributed by atoms with van der Waals surface area (Å²) >= 11 is 0. The number of carbonyl (C=O) groups excluding carboxylic acids is 1. The van der Waals surface area contributed by atoms with E-state index in [-0.39, 0.29) is 11.6 Å². The van der Waals surface area contributed by atoms with Gasteiger partial charge in [0.15, 0.2) is 5.79 Å². The molecule has 4 rings (SSSR count). The molecular formula is C19H19N5O3. The van der Waals surface area contributed by atoms with Crippen molar-refractivity contribution in [1.29, 1.82) is 5.26 Å². The lowest BCUT2D eigenvalue weighted by Gasteiger charge is -2.38. The van der Waals surface area contributed by atoms with Gasteiger partial charge in [0.05, 0.1) is 24.5 Å². The second kappa shape index (κ2) is 7.31. The lowest BCUT2D eigenvalue weighted by molar-refractivity contribution is -0.169. The average Bonchev–Trinajstić information content (AvgIpc) is 3.17. The number of nitrogens with one attached hydrogen (secondary N) is 1. The van der Waals surface area contributed by atoms with E-state index >= 15 is 0 Å². The fraction of sp³-hybridized carbons (Fsp3) is 0.368. The molecule has 27 heavy (non-hydrogen) atoms. The van der Waals surface area contributed by atoms with Crippen molar-refractivity contribution in [2.75, 3.05) is 36.5 Å². The standard InChI is InChI=1S/C19H19N5O3/c20-12-14-3-1-2-4-15(14)23-18(25)16-11-17(22-13-21-16)24-7-5-19(6-8-24)26-9-10-27-19/h1-4,11,13H,5-10H2,(H,23,25). The Morgan fingerprint density at radius 1 is 1.19 bits per heavy atom. The Labute approximate surface area is 156 Å². The molecule has 1 N–H and O–H groups in total. The van der Waals surface area contributed by atoms with Crippen LogP contribution in [0.3, 0.4) is 0 Å². The Morgan fingerprint density at radius 2 is 1.93 bits per heavy atom. The number of aromatic nitrogens is 2. The number of rotatable bonds is 3. The first-order valence-electron chi connectivity index (χ1n) is 8.84. The van der Waals surface area contributed by atoms with Gasteiger partial charge in [0.2, 0.25) is 0 Å². The van der Waals surface area contributed by atoms with Crippen LogP contribution in [0.4, 0.5) is 11.5 Å². The minimum absolute atomic E-state index is 0.251. The highest BCUT2D eigenvalue weighted by molar-refractivity contribution is 6.03. The minimum atomic E-state index is -0.454. The molecule has 0 aliphatic carbocycles. The highest BCUT2D eigenvalue weighted by Crippen LogP contribution is 2.32. The molecule has 138 valence electrons. The first-order valence-corrected chi connectivity index (χ1v) is 8.84. The van der Waals surface area contributed by atoms with E-state index in [1.54, 1.807) is 30.3 Å². The molecule has 2 aromatic rings. The number of nitriles is 1. The van der Waals surface area contributed by atoms with Crippen LogP contribution in [0.5, 0.6) is 0 Å². The molecule has 2 aliphatic rings. The van der Waals surface area contributed by atoms with Crippen molar-refractivity contribution in [2.24, 2.45) is 0 Å². The first-order chi connectivity index (χ1) is 13.2. The quantitative estimate of drug-likeness (QED) is 0.887. The lowest BCUT2D eigenvalue weighted by Crippen LogP contribution is -2.45. The number of piperidine rings is 1. The largest absolute Gasteiger partial charge is 0.356 e. The van der Waals surface area contributed by atoms with Gasteiger partial charge in [-0.05, 0) is 12.1 Å². The predicted molar refractivity (Wildman–Crippen MR) is 97.2 cm³/mol. The molecule has 0 atom stereocenters. The van der Waals surface area contributed by atoms with Gasteiger partial charge in [-0.15, -0.1) is 0 Å². The fourth-order valence-electron chi connectivity index (χ4n) is 3.38. The van der Waals surface area contributed by atoms with Crippen molar-refractivity contribution < 1.29 is 14.3 Å². The molecule has 1 amide bonds. The predicted octanol–water partition coefficient (Wildman–Crippen LogP) is 1.94. The third-order valence-corrected chi connectivity index (χ3v) is 4.84. The number of anilines is 2. The normalized spacial score (nSPS) is 18.3. The highest BCUT2D eigenvalue weighted by atomic mass is 16.7. The van der Waals surface area contributed by atoms with E-state index < -0.39 is 5.79 Å². The van der Waals surface area contributed by atoms with E-state index in [1.807, 2.05) is 0 Å². The van der Waals surface area contributed by atoms with E-state index in [4.69, 9.17) is 14.7 Å². The molecule has 0 unspecified atom stereocenters. The number of para-hydroxylation sites is 1. The van der Waals surface area contributed by atoms with E-state index in [0.29, 0.717) is 30.3 Å². The summed E-state index contributed by atoms with van der Waals surface area (Å²) in [4.78, 5) is 23.0. The van der Waals surface area contributed by atoms with Gasteiger partial charge in [-0.3, -0.25) is 4.79 Å². The Kier molecular flexibility index (Phi) is 4.71. The minimum Gasteiger partial charge on any atom is -0.356 e. The Morgan fingerprint density at radius 3 is 2.67 bits per heavy atom. The molecule has 8 heteroatoms. The van der Waals surface area contributed by atoms with Crippen molar-refractivity contribution in [3.63, 3.8) is 0 Å². The second-order valence-corrected chi connectivity index (χ2v) is 6.47. The van der Waals surface area contributed by atoms with E-state index in [2.05, 4.69) is 26.3 Å². The molecule has 1 aromatic heterocycles. The monoisotopic (exact) mass is 365 g/mol. The van der Waals surface area contributed by atoms with Crippen LogP contribution < -0.4 is 10.2 Å². The smallest absolute Gasteiger partial charge is 0.274 e. The van der Waals surface area contributed by atoms with E-state index in [1.165, 1.54) is 6.33 Å². The van der Waals surface area contributed by atoms with Gasteiger partial charge in [0.25, 0.3) is 5.91 Å². The van der Waals surface area contributed by atoms with Gasteiger partial charge in [0.1, 0.15) is 23.9 Å². The Balaban J connectivity index is 1.46. The summed E-state index contributed by atoms with van der Waals surface area (Å²) in [7, 11) is 0. The number of hydrogen-bond acceptors (Lipinski definition) is 7. The third kappa shape index (κ3) is 3.60. The number of ether oxygens (including phenoxy) is 2. The SMILES string of the molecule is N#Cc1ccccc1NC(=O)c1cc(N2CCC3(CC2)OCCO3)ncn1. The summed E-state index contributed by atoms with van der Waals surface area (Å²) in [5, 5.41) is 11.9. The van der Waals surface area contributed by atoms with Crippen LogP contribution in [0, 0.1) is 11.3 Å². The number of carbonyl (C=O) groups is 1. The molecule has 0 bridgehead atoms. The van der Waals surface area contributed by atoms with E-state index in [0.717, 1.165) is 25.9 Å². The maximum Gasteiger partial charge on any atom is 0.274 e. The van der Waals surface area contributed by atoms with Gasteiger partial charge in [-0.2, -0.15) is 5.26 Å². The first kappa shape index (κ1) is 17.4. The van der Waals surface area contributed by atoms with Crippen LogP contribution >= 0.6 is 0 Å². The maximum absolute atomic E-state index is 12.6. The summed E-state index contributed by atoms with van der Waals surface area (Å²) in [6.45, 7) is 2.74. The van der Waals surface area contributed by atoms with Gasteiger partial charge in [0, 0.05) is 32.0 Å². The molecule has 3 heterocycles. The van der Waals surface area contributed by atoms with Gasteiger partial charge in [-0.25, -0.2) is 9.97 Å². The van der Waals surface area contributed by atoms with Crippen molar-refractivity contribution in [1.82, 2.24) is 9.97 Å². The van der Waals surface area contributed by atoms with Crippen molar-refractivity contribution in [2.45, 2.75) is 18.6 Å². The summed E-state index contributed by atoms with van der Waals surface area (Å²) in [6, 6.07) is 10.6. The summed E-state index contributed by atoms with van der Waals surface area (Å²) < 4.78 is 11.5. The maximum atomic E-state index is 12.6. The van der Waals surface area contributed by atoms with Crippen LogP contribution in [0.15, 0.2) is 36.7 Å². The average molecular weight is 365 g/mol. The number of benzene rings is 1. The zero-order valence-electron chi connectivity index (χ0n) is 14.7. The molecular weight excluding hydrogens is 346 g/mol. The molecule has 2 aliphatic heterocycles. The molecule has 0 saturated carbocycles. The van der Waals surface area contributed by atoms with Gasteiger partial charge >= 0.3 is 0 Å². The topological polar surface area (TPSA) is 100 Å². The van der Waals surface area contributed by atoms with Crippen LogP contribution in [-0.4, -0.2) is 48.0 Å². The number of nitrogens with zero attached hydrogens (tertiary/aromatic N) is 4. The highest BCUT2D eigenvalue weighted by Gasteiger charge is 2.40. The van der Waals surface area contributed by atoms with Crippen LogP contribution in [0.1, 0.15) is 28.9 Å². The lowest BCUT2D eigenvalue weighted by atomic mass is 10.0. The fourth-order valence-corrected chi connectivity index (χ4v) is 3.38. The molecule has 2 saturated heterocycles. The molecule has 2 fully saturated rings. The zero-order chi connectivity index (χ0) is 18.7. The Bertz CT molecular complexity index is 879. The summed E-state index contributed by atoms with van der Waals surface area (Å²) in [6.07, 6.45) is 2.90. The van der Waals surface area contributed by atoms with Crippen LogP contribution in [0.2, 0.25) is 0 Å². The van der Waals surface area contributed by atoms with E-state index in [9.17, 15) is 4.79 Å². The zero-order valence-corrected chi connectivity index (χ0v) is 14.7. The van der Waals surface area contributed by atoms with Crippen molar-refractivity contribution in [3.05, 3.63) is 47.9 Å². The summed E-state index contributed by atoms with van der Waals surface area (Å²) in [5.74, 6) is -0.140. The van der Waals surface area contributed by atoms with Crippen LogP contribution in [0.25, 0.3) is 0 Å². The number of amides is 1. The number of hydrogen-bond donors (Lipinski definition) is 1. The van der Waals surface area contributed by atoms with Crippen molar-refractivity contribution >= 4 is 17.4 Å². The third-order valence-electron chi connectivity index (χ3n) is 4.84. The van der Waals surface area contributed by atoms with Crippen molar-refractivity contribution in [3.8, 4) is 6.07 Å². The Hall–Kier alpha value is -3.02. The molecule has 1 aromatic carbocycles. The molecule has 1 spiro atoms. The molecule has 0 radical (unpaired) electrons. The second-order valence-electron chi connectivity index (χ2n) is 6.47. The van der Waals surface area contributed by atoms with Gasteiger partial charge < -0.3 is 19.7 Å².